The quantitative estimate of drug-likeness (QED) is 0.679. The van der Waals surface area contributed by atoms with Crippen LogP contribution in [0.2, 0.25) is 0 Å². The van der Waals surface area contributed by atoms with E-state index < -0.39 is 0 Å². The van der Waals surface area contributed by atoms with Crippen LogP contribution in [-0.4, -0.2) is 43.0 Å². The van der Waals surface area contributed by atoms with Crippen LogP contribution >= 0.6 is 0 Å². The second kappa shape index (κ2) is 10.1. The van der Waals surface area contributed by atoms with Crippen molar-refractivity contribution in [2.24, 2.45) is 0 Å². The third kappa shape index (κ3) is 5.12. The molecule has 160 valence electrons. The molecule has 2 aromatic rings. The minimum absolute atomic E-state index is 0.00103. The number of aryl methyl sites for hydroxylation is 1. The number of benzene rings is 2. The summed E-state index contributed by atoms with van der Waals surface area (Å²) in [6.07, 6.45) is 3.23. The molecule has 30 heavy (non-hydrogen) atoms. The van der Waals surface area contributed by atoms with Crippen molar-refractivity contribution in [2.45, 2.75) is 40.0 Å². The summed E-state index contributed by atoms with van der Waals surface area (Å²) in [6.45, 7) is 9.28. The van der Waals surface area contributed by atoms with Gasteiger partial charge in [0.25, 0.3) is 5.91 Å². The molecule has 1 heterocycles. The lowest BCUT2D eigenvalue weighted by molar-refractivity contribution is 0.0773. The van der Waals surface area contributed by atoms with Crippen molar-refractivity contribution in [3.8, 4) is 0 Å². The molecule has 1 saturated heterocycles. The molecule has 0 radical (unpaired) electrons. The number of hydrogen-bond donors (Lipinski definition) is 2. The third-order valence-electron chi connectivity index (χ3n) is 5.60. The fourth-order valence-electron chi connectivity index (χ4n) is 3.82. The van der Waals surface area contributed by atoms with Crippen molar-refractivity contribution in [3.05, 3.63) is 53.6 Å². The normalized spacial score (nSPS) is 13.2. The van der Waals surface area contributed by atoms with E-state index in [-0.39, 0.29) is 11.9 Å². The summed E-state index contributed by atoms with van der Waals surface area (Å²) in [5.74, 6) is 0.00103. The Morgan fingerprint density at radius 1 is 0.900 bits per heavy atom. The minimum Gasteiger partial charge on any atom is -0.371 e. The molecule has 2 N–H and O–H groups in total. The van der Waals surface area contributed by atoms with Gasteiger partial charge >= 0.3 is 6.03 Å². The number of nitrogens with zero attached hydrogens (tertiary/aromatic N) is 2. The number of hydrogen-bond acceptors (Lipinski definition) is 3. The molecule has 3 rings (SSSR count). The summed E-state index contributed by atoms with van der Waals surface area (Å²) in [7, 11) is 0. The van der Waals surface area contributed by atoms with Gasteiger partial charge in [-0.05, 0) is 69.0 Å². The Morgan fingerprint density at radius 3 is 2.10 bits per heavy atom. The number of anilines is 3. The molecule has 3 amide bonds. The van der Waals surface area contributed by atoms with E-state index in [0.717, 1.165) is 43.7 Å². The average molecular weight is 409 g/mol. The largest absolute Gasteiger partial charge is 0.371 e. The Balaban J connectivity index is 1.79. The van der Waals surface area contributed by atoms with Crippen molar-refractivity contribution in [2.75, 3.05) is 41.7 Å². The van der Waals surface area contributed by atoms with E-state index in [0.29, 0.717) is 24.3 Å². The summed E-state index contributed by atoms with van der Waals surface area (Å²) in [5.41, 5.74) is 4.16. The highest BCUT2D eigenvalue weighted by Gasteiger charge is 2.23. The zero-order valence-electron chi connectivity index (χ0n) is 18.2. The summed E-state index contributed by atoms with van der Waals surface area (Å²) in [4.78, 5) is 29.7. The van der Waals surface area contributed by atoms with Crippen LogP contribution in [0.1, 0.15) is 49.5 Å². The van der Waals surface area contributed by atoms with E-state index in [1.165, 1.54) is 5.56 Å². The van der Waals surface area contributed by atoms with Gasteiger partial charge in [-0.15, -0.1) is 0 Å². The monoisotopic (exact) mass is 408 g/mol. The van der Waals surface area contributed by atoms with E-state index in [1.807, 2.05) is 55.1 Å². The van der Waals surface area contributed by atoms with Gasteiger partial charge in [0.15, 0.2) is 0 Å². The van der Waals surface area contributed by atoms with Crippen molar-refractivity contribution < 1.29 is 9.59 Å². The zero-order chi connectivity index (χ0) is 21.5. The zero-order valence-corrected chi connectivity index (χ0v) is 18.2. The highest BCUT2D eigenvalue weighted by Crippen LogP contribution is 2.29. The van der Waals surface area contributed by atoms with E-state index in [4.69, 9.17) is 0 Å². The smallest absolute Gasteiger partial charge is 0.323 e. The van der Waals surface area contributed by atoms with Crippen LogP contribution in [-0.2, 0) is 6.42 Å². The van der Waals surface area contributed by atoms with Gasteiger partial charge in [0, 0.05) is 43.2 Å². The van der Waals surface area contributed by atoms with E-state index >= 15 is 0 Å². The fraction of sp³-hybridized carbons (Fsp3) is 0.417. The van der Waals surface area contributed by atoms with Crippen LogP contribution in [0, 0.1) is 0 Å². The lowest BCUT2D eigenvalue weighted by Crippen LogP contribution is -2.32. The van der Waals surface area contributed by atoms with Crippen molar-refractivity contribution in [1.82, 2.24) is 4.90 Å². The molecule has 1 aliphatic heterocycles. The van der Waals surface area contributed by atoms with Crippen molar-refractivity contribution in [3.63, 3.8) is 0 Å². The first-order valence-electron chi connectivity index (χ1n) is 10.9. The van der Waals surface area contributed by atoms with E-state index in [1.54, 1.807) is 6.07 Å². The third-order valence-corrected chi connectivity index (χ3v) is 5.60. The first kappa shape index (κ1) is 21.7. The number of rotatable bonds is 7. The standard InChI is InChI=1S/C24H32N4O2/c1-4-18-9-11-19(12-10-18)25-24(30)26-20-13-14-22(28-15-7-8-16-28)21(17-20)23(29)27(5-2)6-3/h9-14,17H,4-8,15-16H2,1-3H3,(H2,25,26,30). The molecule has 0 aromatic heterocycles. The van der Waals surface area contributed by atoms with Gasteiger partial charge in [-0.2, -0.15) is 0 Å². The van der Waals surface area contributed by atoms with Gasteiger partial charge in [-0.1, -0.05) is 19.1 Å². The molecule has 6 heteroatoms. The Labute approximate surface area is 179 Å². The topological polar surface area (TPSA) is 64.7 Å². The van der Waals surface area contributed by atoms with Gasteiger partial charge in [-0.25, -0.2) is 4.79 Å². The molecule has 1 fully saturated rings. The molecular formula is C24H32N4O2. The van der Waals surface area contributed by atoms with E-state index in [9.17, 15) is 9.59 Å². The molecule has 6 nitrogen and oxygen atoms in total. The van der Waals surface area contributed by atoms with Crippen LogP contribution in [0.4, 0.5) is 21.9 Å². The number of nitrogens with one attached hydrogen (secondary N) is 2. The lowest BCUT2D eigenvalue weighted by atomic mass is 10.1. The maximum absolute atomic E-state index is 13.1. The number of carbonyl (C=O) groups is 2. The molecule has 0 unspecified atom stereocenters. The first-order chi connectivity index (χ1) is 14.5. The Kier molecular flexibility index (Phi) is 7.33. The Hall–Kier alpha value is -3.02. The Bertz CT molecular complexity index is 869. The van der Waals surface area contributed by atoms with Crippen LogP contribution in [0.15, 0.2) is 42.5 Å². The number of amides is 3. The molecule has 0 spiro atoms. The predicted octanol–water partition coefficient (Wildman–Crippen LogP) is 4.98. The van der Waals surface area contributed by atoms with Gasteiger partial charge in [-0.3, -0.25) is 4.79 Å². The summed E-state index contributed by atoms with van der Waals surface area (Å²) < 4.78 is 0. The fourth-order valence-corrected chi connectivity index (χ4v) is 3.82. The van der Waals surface area contributed by atoms with Gasteiger partial charge in [0.05, 0.1) is 5.56 Å². The predicted molar refractivity (Wildman–Crippen MR) is 124 cm³/mol. The maximum Gasteiger partial charge on any atom is 0.323 e. The summed E-state index contributed by atoms with van der Waals surface area (Å²) >= 11 is 0. The minimum atomic E-state index is -0.325. The number of carbonyl (C=O) groups excluding carboxylic acids is 2. The van der Waals surface area contributed by atoms with Gasteiger partial charge in [0.2, 0.25) is 0 Å². The Morgan fingerprint density at radius 2 is 1.50 bits per heavy atom. The average Bonchev–Trinajstić information content (AvgIpc) is 3.29. The molecule has 0 atom stereocenters. The lowest BCUT2D eigenvalue weighted by Gasteiger charge is -2.25. The molecule has 0 saturated carbocycles. The highest BCUT2D eigenvalue weighted by molar-refractivity contribution is 6.04. The van der Waals surface area contributed by atoms with E-state index in [2.05, 4.69) is 22.5 Å². The molecule has 1 aliphatic rings. The first-order valence-corrected chi connectivity index (χ1v) is 10.9. The molecule has 0 bridgehead atoms. The van der Waals surface area contributed by atoms with Crippen molar-refractivity contribution in [1.29, 1.82) is 0 Å². The van der Waals surface area contributed by atoms with Crippen LogP contribution in [0.5, 0.6) is 0 Å². The second-order valence-corrected chi connectivity index (χ2v) is 7.53. The van der Waals surface area contributed by atoms with Crippen LogP contribution in [0.25, 0.3) is 0 Å². The van der Waals surface area contributed by atoms with Crippen LogP contribution < -0.4 is 15.5 Å². The van der Waals surface area contributed by atoms with Crippen LogP contribution in [0.3, 0.4) is 0 Å². The molecule has 0 aliphatic carbocycles. The van der Waals surface area contributed by atoms with Gasteiger partial charge < -0.3 is 20.4 Å². The molecular weight excluding hydrogens is 376 g/mol. The summed E-state index contributed by atoms with van der Waals surface area (Å²) in [5, 5.41) is 5.72. The second-order valence-electron chi connectivity index (χ2n) is 7.53. The molecule has 2 aromatic carbocycles. The van der Waals surface area contributed by atoms with Gasteiger partial charge in [0.1, 0.15) is 0 Å². The maximum atomic E-state index is 13.1. The number of urea groups is 1. The highest BCUT2D eigenvalue weighted by atomic mass is 16.2. The van der Waals surface area contributed by atoms with Crippen molar-refractivity contribution >= 4 is 29.0 Å². The summed E-state index contributed by atoms with van der Waals surface area (Å²) in [6, 6.07) is 13.1. The SMILES string of the molecule is CCc1ccc(NC(=O)Nc2ccc(N3CCCC3)c(C(=O)N(CC)CC)c2)cc1.